The van der Waals surface area contributed by atoms with Crippen molar-refractivity contribution in [1.29, 1.82) is 0 Å². The van der Waals surface area contributed by atoms with E-state index in [2.05, 4.69) is 0 Å². The Bertz CT molecular complexity index is 2190. The first-order valence-corrected chi connectivity index (χ1v) is 19.6. The second-order valence-electron chi connectivity index (χ2n) is 12.6. The summed E-state index contributed by atoms with van der Waals surface area (Å²) in [7, 11) is 0. The van der Waals surface area contributed by atoms with Crippen LogP contribution in [0.25, 0.3) is 33.4 Å². The molecule has 0 radical (unpaired) electrons. The Morgan fingerprint density at radius 3 is 1.28 bits per heavy atom. The third kappa shape index (κ3) is 12.0. The predicted molar refractivity (Wildman–Crippen MR) is 225 cm³/mol. The molecule has 1 aliphatic rings. The van der Waals surface area contributed by atoms with E-state index in [0.717, 1.165) is 33.4 Å². The summed E-state index contributed by atoms with van der Waals surface area (Å²) in [6.45, 7) is 5.34. The van der Waals surface area contributed by atoms with Gasteiger partial charge in [0.1, 0.15) is 12.7 Å². The number of carbonyl (C=O) groups excluding carboxylic acids is 3. The largest absolute Gasteiger partial charge is 0.478 e. The minimum atomic E-state index is -0.894. The fraction of sp³-hybridized carbons (Fsp3) is 0.167. The van der Waals surface area contributed by atoms with Crippen LogP contribution in [-0.4, -0.2) is 52.4 Å². The SMILES string of the molecule is CC.CC(=O)OC1CC(OC(=O)c2ccc(-c3ccccc3)cc2)[C@H](COC(=O)c2ccc(-c3ccccc3)cc2)S1.O=C(O)c1ccc(-c2ccccc2)cc1. The van der Waals surface area contributed by atoms with Crippen molar-refractivity contribution in [3.8, 4) is 33.4 Å². The normalized spacial score (nSPS) is 15.4. The van der Waals surface area contributed by atoms with E-state index < -0.39 is 35.4 Å². The summed E-state index contributed by atoms with van der Waals surface area (Å²) in [6.07, 6.45) is -0.282. The van der Waals surface area contributed by atoms with Gasteiger partial charge in [-0.2, -0.15) is 0 Å². The van der Waals surface area contributed by atoms with Crippen molar-refractivity contribution in [2.45, 2.75) is 44.0 Å². The molecule has 0 saturated carbocycles. The molecule has 0 aliphatic carbocycles. The zero-order chi connectivity index (χ0) is 40.6. The van der Waals surface area contributed by atoms with Crippen LogP contribution in [0.2, 0.25) is 0 Å². The lowest BCUT2D eigenvalue weighted by Gasteiger charge is -2.19. The van der Waals surface area contributed by atoms with Gasteiger partial charge in [-0.3, -0.25) is 4.79 Å². The van der Waals surface area contributed by atoms with Gasteiger partial charge in [0.05, 0.1) is 21.9 Å². The molecular weight excluding hydrogens is 737 g/mol. The summed E-state index contributed by atoms with van der Waals surface area (Å²) in [6, 6.07) is 50.9. The topological polar surface area (TPSA) is 116 Å². The second-order valence-corrected chi connectivity index (χ2v) is 14.0. The number of thioether (sulfide) groups is 1. The van der Waals surface area contributed by atoms with E-state index in [1.807, 2.05) is 141 Å². The lowest BCUT2D eigenvalue weighted by molar-refractivity contribution is -0.142. The summed E-state index contributed by atoms with van der Waals surface area (Å²) >= 11 is 1.32. The molecule has 290 valence electrons. The molecule has 2 unspecified atom stereocenters. The summed E-state index contributed by atoms with van der Waals surface area (Å²) in [5.74, 6) is -2.27. The summed E-state index contributed by atoms with van der Waals surface area (Å²) in [4.78, 5) is 48.0. The number of esters is 3. The van der Waals surface area contributed by atoms with Crippen LogP contribution in [0.15, 0.2) is 164 Å². The molecule has 3 atom stereocenters. The van der Waals surface area contributed by atoms with Crippen LogP contribution in [0, 0.1) is 0 Å². The lowest BCUT2D eigenvalue weighted by Crippen LogP contribution is -2.29. The van der Waals surface area contributed by atoms with Gasteiger partial charge in [-0.1, -0.05) is 141 Å². The second kappa shape index (κ2) is 21.0. The van der Waals surface area contributed by atoms with Gasteiger partial charge in [0, 0.05) is 13.3 Å². The number of benzene rings is 6. The van der Waals surface area contributed by atoms with E-state index in [-0.39, 0.29) is 11.9 Å². The number of hydrogen-bond acceptors (Lipinski definition) is 8. The van der Waals surface area contributed by atoms with Crippen molar-refractivity contribution >= 4 is 35.6 Å². The van der Waals surface area contributed by atoms with Gasteiger partial charge in [-0.15, -0.1) is 11.8 Å². The Kier molecular flexibility index (Phi) is 15.4. The number of carbonyl (C=O) groups is 4. The third-order valence-electron chi connectivity index (χ3n) is 8.79. The molecule has 1 heterocycles. The fourth-order valence-corrected chi connectivity index (χ4v) is 7.32. The highest BCUT2D eigenvalue weighted by molar-refractivity contribution is 8.00. The molecule has 6 aromatic carbocycles. The molecule has 1 N–H and O–H groups in total. The zero-order valence-corrected chi connectivity index (χ0v) is 32.8. The summed E-state index contributed by atoms with van der Waals surface area (Å²) in [5, 5.41) is 8.36. The molecule has 0 bridgehead atoms. The first-order valence-electron chi connectivity index (χ1n) is 18.6. The zero-order valence-electron chi connectivity index (χ0n) is 31.9. The van der Waals surface area contributed by atoms with E-state index >= 15 is 0 Å². The molecule has 0 aromatic heterocycles. The molecule has 8 nitrogen and oxygen atoms in total. The average molecular weight is 781 g/mol. The summed E-state index contributed by atoms with van der Waals surface area (Å²) < 4.78 is 16.8. The highest BCUT2D eigenvalue weighted by Gasteiger charge is 2.40. The quantitative estimate of drug-likeness (QED) is 0.107. The summed E-state index contributed by atoms with van der Waals surface area (Å²) in [5.41, 5.74) is 6.87. The molecule has 1 fully saturated rings. The Morgan fingerprint density at radius 2 is 0.895 bits per heavy atom. The molecule has 1 saturated heterocycles. The molecule has 6 aromatic rings. The van der Waals surface area contributed by atoms with Crippen LogP contribution in [-0.2, 0) is 19.0 Å². The predicted octanol–water partition coefficient (Wildman–Crippen LogP) is 10.9. The van der Waals surface area contributed by atoms with E-state index in [9.17, 15) is 19.2 Å². The number of carboxylic acids is 1. The van der Waals surface area contributed by atoms with Crippen LogP contribution in [0.1, 0.15) is 58.3 Å². The van der Waals surface area contributed by atoms with Crippen molar-refractivity contribution in [2.24, 2.45) is 0 Å². The number of rotatable bonds is 10. The number of carboxylic acid groups (broad SMARTS) is 1. The highest BCUT2D eigenvalue weighted by atomic mass is 32.2. The first kappa shape index (κ1) is 41.7. The van der Waals surface area contributed by atoms with E-state index in [0.29, 0.717) is 23.1 Å². The number of ether oxygens (including phenoxy) is 3. The van der Waals surface area contributed by atoms with Gasteiger partial charge in [-0.25, -0.2) is 14.4 Å². The van der Waals surface area contributed by atoms with Crippen molar-refractivity contribution in [3.63, 3.8) is 0 Å². The monoisotopic (exact) mass is 780 g/mol. The molecule has 0 amide bonds. The van der Waals surface area contributed by atoms with Gasteiger partial charge < -0.3 is 19.3 Å². The molecule has 7 rings (SSSR count). The maximum absolute atomic E-state index is 13.0. The fourth-order valence-electron chi connectivity index (χ4n) is 5.95. The van der Waals surface area contributed by atoms with Crippen molar-refractivity contribution in [1.82, 2.24) is 0 Å². The minimum Gasteiger partial charge on any atom is -0.478 e. The van der Waals surface area contributed by atoms with Crippen LogP contribution < -0.4 is 0 Å². The number of aromatic carboxylic acids is 1. The van der Waals surface area contributed by atoms with Gasteiger partial charge >= 0.3 is 23.9 Å². The molecule has 9 heteroatoms. The third-order valence-corrected chi connectivity index (χ3v) is 10.2. The van der Waals surface area contributed by atoms with Crippen LogP contribution in [0.3, 0.4) is 0 Å². The first-order chi connectivity index (χ1) is 27.7. The Morgan fingerprint density at radius 1 is 0.526 bits per heavy atom. The maximum atomic E-state index is 13.0. The van der Waals surface area contributed by atoms with Crippen LogP contribution in [0.5, 0.6) is 0 Å². The Hall–Kier alpha value is -6.45. The number of hydrogen-bond donors (Lipinski definition) is 1. The Balaban J connectivity index is 0.000000304. The van der Waals surface area contributed by atoms with Crippen molar-refractivity contribution in [3.05, 3.63) is 180 Å². The smallest absolute Gasteiger partial charge is 0.338 e. The van der Waals surface area contributed by atoms with Crippen LogP contribution >= 0.6 is 11.8 Å². The highest BCUT2D eigenvalue weighted by Crippen LogP contribution is 2.37. The van der Waals surface area contributed by atoms with Crippen LogP contribution in [0.4, 0.5) is 0 Å². The Labute approximate surface area is 337 Å². The maximum Gasteiger partial charge on any atom is 0.338 e. The standard InChI is InChI=1S/C33H28O6S.C13H10O2.C2H6/c1-22(34)38-31-20-29(39-33(36)28-18-14-26(15-19-28)24-10-6-3-7-11-24)30(40-31)21-37-32(35)27-16-12-25(13-17-27)23-8-4-2-5-9-23;14-13(15)12-8-6-11(7-9-12)10-4-2-1-3-5-10;1-2/h2-19,29-31H,20-21H2,1H3;1-9H,(H,14,15);1-2H3/t29?,30-,31?;;/m0../s1. The van der Waals surface area contributed by atoms with E-state index in [1.165, 1.54) is 18.7 Å². The molecule has 1 aliphatic heterocycles. The van der Waals surface area contributed by atoms with Gasteiger partial charge in [0.2, 0.25) is 0 Å². The van der Waals surface area contributed by atoms with Gasteiger partial charge in [0.25, 0.3) is 0 Å². The average Bonchev–Trinajstić information content (AvgIpc) is 3.64. The molecular formula is C48H44O8S. The van der Waals surface area contributed by atoms with Gasteiger partial charge in [-0.05, 0) is 69.8 Å². The van der Waals surface area contributed by atoms with Crippen molar-refractivity contribution < 1.29 is 38.5 Å². The van der Waals surface area contributed by atoms with E-state index in [1.54, 1.807) is 36.4 Å². The molecule has 57 heavy (non-hydrogen) atoms. The van der Waals surface area contributed by atoms with Gasteiger partial charge in [0.15, 0.2) is 5.44 Å². The minimum absolute atomic E-state index is 0.00654. The van der Waals surface area contributed by atoms with Crippen molar-refractivity contribution in [2.75, 3.05) is 6.61 Å². The lowest BCUT2D eigenvalue weighted by atomic mass is 10.0. The molecule has 0 spiro atoms. The van der Waals surface area contributed by atoms with E-state index in [4.69, 9.17) is 19.3 Å².